The molecule has 0 aliphatic carbocycles. The average Bonchev–Trinajstić information content (AvgIpc) is 2.58. The van der Waals surface area contributed by atoms with E-state index in [0.717, 1.165) is 31.5 Å². The number of rotatable bonds is 7. The molecule has 1 aliphatic heterocycles. The van der Waals surface area contributed by atoms with Crippen molar-refractivity contribution in [2.75, 3.05) is 19.6 Å². The third-order valence-electron chi connectivity index (χ3n) is 4.26. The predicted molar refractivity (Wildman–Crippen MR) is 103 cm³/mol. The van der Waals surface area contributed by atoms with E-state index in [-0.39, 0.29) is 30.1 Å². The van der Waals surface area contributed by atoms with Crippen LogP contribution >= 0.6 is 12.4 Å². The van der Waals surface area contributed by atoms with Crippen molar-refractivity contribution in [2.45, 2.75) is 39.2 Å². The van der Waals surface area contributed by atoms with Crippen molar-refractivity contribution in [3.63, 3.8) is 0 Å². The molecule has 0 aromatic heterocycles. The lowest BCUT2D eigenvalue weighted by atomic mass is 9.99. The second kappa shape index (κ2) is 11.1. The Morgan fingerprint density at radius 1 is 1.24 bits per heavy atom. The van der Waals surface area contributed by atoms with E-state index in [2.05, 4.69) is 16.0 Å². The summed E-state index contributed by atoms with van der Waals surface area (Å²) < 4.78 is 0. The largest absolute Gasteiger partial charge is 0.354 e. The lowest BCUT2D eigenvalue weighted by molar-refractivity contribution is -0.129. The van der Waals surface area contributed by atoms with Gasteiger partial charge in [-0.25, -0.2) is 0 Å². The Bertz CT molecular complexity index is 531. The minimum absolute atomic E-state index is 0. The topological polar surface area (TPSA) is 70.2 Å². The maximum absolute atomic E-state index is 12.7. The zero-order valence-electron chi connectivity index (χ0n) is 15.1. The summed E-state index contributed by atoms with van der Waals surface area (Å²) in [5.41, 5.74) is 0.814. The number of hydrogen-bond acceptors (Lipinski definition) is 3. The minimum Gasteiger partial charge on any atom is -0.354 e. The Morgan fingerprint density at radius 2 is 1.96 bits per heavy atom. The molecule has 1 aromatic carbocycles. The summed E-state index contributed by atoms with van der Waals surface area (Å²) in [6.45, 7) is 6.63. The zero-order chi connectivity index (χ0) is 17.4. The summed E-state index contributed by atoms with van der Waals surface area (Å²) in [6, 6.07) is 8.80. The highest BCUT2D eigenvalue weighted by molar-refractivity contribution is 5.88. The number of piperidine rings is 1. The molecule has 2 atom stereocenters. The normalized spacial score (nSPS) is 18.1. The first-order valence-corrected chi connectivity index (χ1v) is 8.89. The fourth-order valence-electron chi connectivity index (χ4n) is 2.98. The molecule has 2 rings (SSSR count). The van der Waals surface area contributed by atoms with Gasteiger partial charge in [-0.2, -0.15) is 0 Å². The van der Waals surface area contributed by atoms with Crippen LogP contribution in [0, 0.1) is 11.8 Å². The van der Waals surface area contributed by atoms with Gasteiger partial charge in [0.15, 0.2) is 0 Å². The molecule has 0 radical (unpaired) electrons. The lowest BCUT2D eigenvalue weighted by Gasteiger charge is -2.25. The van der Waals surface area contributed by atoms with E-state index in [1.807, 2.05) is 44.2 Å². The maximum atomic E-state index is 12.7. The molecule has 1 aromatic rings. The van der Waals surface area contributed by atoms with E-state index in [1.54, 1.807) is 0 Å². The SMILES string of the molecule is CC(C)CC(=O)NC(C(=O)NCC1CCCNC1)c1ccccc1.Cl. The Hall–Kier alpha value is -1.59. The van der Waals surface area contributed by atoms with Gasteiger partial charge in [-0.1, -0.05) is 44.2 Å². The van der Waals surface area contributed by atoms with Gasteiger partial charge in [0.1, 0.15) is 6.04 Å². The van der Waals surface area contributed by atoms with Crippen LogP contribution in [0.2, 0.25) is 0 Å². The van der Waals surface area contributed by atoms with Crippen LogP contribution in [0.4, 0.5) is 0 Å². The summed E-state index contributed by atoms with van der Waals surface area (Å²) >= 11 is 0. The van der Waals surface area contributed by atoms with E-state index in [0.29, 0.717) is 18.9 Å². The first-order valence-electron chi connectivity index (χ1n) is 8.89. The second-order valence-electron chi connectivity index (χ2n) is 6.97. The minimum atomic E-state index is -0.631. The molecule has 140 valence electrons. The van der Waals surface area contributed by atoms with Gasteiger partial charge in [-0.3, -0.25) is 9.59 Å². The summed E-state index contributed by atoms with van der Waals surface area (Å²) in [5, 5.41) is 9.25. The van der Waals surface area contributed by atoms with E-state index in [4.69, 9.17) is 0 Å². The zero-order valence-corrected chi connectivity index (χ0v) is 15.9. The van der Waals surface area contributed by atoms with Gasteiger partial charge in [0, 0.05) is 13.0 Å². The lowest BCUT2D eigenvalue weighted by Crippen LogP contribution is -2.44. The van der Waals surface area contributed by atoms with Crippen LogP contribution < -0.4 is 16.0 Å². The maximum Gasteiger partial charge on any atom is 0.247 e. The average molecular weight is 368 g/mol. The predicted octanol–water partition coefficient (Wildman–Crippen LogP) is 2.43. The molecule has 0 saturated carbocycles. The summed E-state index contributed by atoms with van der Waals surface area (Å²) in [6.07, 6.45) is 2.69. The van der Waals surface area contributed by atoms with Crippen LogP contribution in [0.5, 0.6) is 0 Å². The molecular weight excluding hydrogens is 338 g/mol. The van der Waals surface area contributed by atoms with Crippen LogP contribution in [0.1, 0.15) is 44.7 Å². The number of nitrogens with one attached hydrogen (secondary N) is 3. The molecule has 25 heavy (non-hydrogen) atoms. The highest BCUT2D eigenvalue weighted by Gasteiger charge is 2.24. The van der Waals surface area contributed by atoms with Crippen molar-refractivity contribution in [1.29, 1.82) is 0 Å². The molecule has 0 spiro atoms. The van der Waals surface area contributed by atoms with E-state index in [1.165, 1.54) is 0 Å². The first kappa shape index (κ1) is 21.5. The number of hydrogen-bond donors (Lipinski definition) is 3. The molecule has 5 nitrogen and oxygen atoms in total. The van der Waals surface area contributed by atoms with Crippen LogP contribution in [0.25, 0.3) is 0 Å². The standard InChI is InChI=1S/C19H29N3O2.ClH/c1-14(2)11-17(23)22-18(16-8-4-3-5-9-16)19(24)21-13-15-7-6-10-20-12-15;/h3-5,8-9,14-15,18,20H,6-7,10-13H2,1-2H3,(H,21,24)(H,22,23);1H. The van der Waals surface area contributed by atoms with Crippen LogP contribution in [-0.2, 0) is 9.59 Å². The first-order chi connectivity index (χ1) is 11.6. The molecule has 0 bridgehead atoms. The third kappa shape index (κ3) is 7.45. The van der Waals surface area contributed by atoms with E-state index in [9.17, 15) is 9.59 Å². The molecule has 1 aliphatic rings. The van der Waals surface area contributed by atoms with Crippen molar-refractivity contribution in [3.8, 4) is 0 Å². The third-order valence-corrected chi connectivity index (χ3v) is 4.26. The number of halogens is 1. The van der Waals surface area contributed by atoms with Gasteiger partial charge < -0.3 is 16.0 Å². The molecule has 1 fully saturated rings. The van der Waals surface area contributed by atoms with Gasteiger partial charge in [0.05, 0.1) is 0 Å². The van der Waals surface area contributed by atoms with E-state index >= 15 is 0 Å². The van der Waals surface area contributed by atoms with E-state index < -0.39 is 6.04 Å². The highest BCUT2D eigenvalue weighted by atomic mass is 35.5. The molecule has 6 heteroatoms. The number of carbonyl (C=O) groups is 2. The molecule has 2 amide bonds. The molecule has 1 saturated heterocycles. The van der Waals surface area contributed by atoms with Crippen molar-refractivity contribution in [1.82, 2.24) is 16.0 Å². The smallest absolute Gasteiger partial charge is 0.247 e. The van der Waals surface area contributed by atoms with Gasteiger partial charge in [-0.05, 0) is 43.3 Å². The van der Waals surface area contributed by atoms with Gasteiger partial charge in [0.2, 0.25) is 11.8 Å². The fraction of sp³-hybridized carbons (Fsp3) is 0.579. The Labute approximate surface area is 156 Å². The number of benzene rings is 1. The Kier molecular flexibility index (Phi) is 9.53. The summed E-state index contributed by atoms with van der Waals surface area (Å²) in [7, 11) is 0. The van der Waals surface area contributed by atoms with Gasteiger partial charge in [0.25, 0.3) is 0 Å². The van der Waals surface area contributed by atoms with Crippen LogP contribution in [0.3, 0.4) is 0 Å². The van der Waals surface area contributed by atoms with Crippen LogP contribution in [-0.4, -0.2) is 31.4 Å². The molecule has 3 N–H and O–H groups in total. The Balaban J connectivity index is 0.00000312. The van der Waals surface area contributed by atoms with Crippen LogP contribution in [0.15, 0.2) is 30.3 Å². The molecule has 1 heterocycles. The number of amides is 2. The van der Waals surface area contributed by atoms with Crippen molar-refractivity contribution in [3.05, 3.63) is 35.9 Å². The van der Waals surface area contributed by atoms with Crippen molar-refractivity contribution >= 4 is 24.2 Å². The van der Waals surface area contributed by atoms with Gasteiger partial charge >= 0.3 is 0 Å². The molecular formula is C19H30ClN3O2. The highest BCUT2D eigenvalue weighted by Crippen LogP contribution is 2.15. The molecule has 2 unspecified atom stereocenters. The fourth-order valence-corrected chi connectivity index (χ4v) is 2.98. The summed E-state index contributed by atoms with van der Waals surface area (Å²) in [4.78, 5) is 24.8. The number of carbonyl (C=O) groups excluding carboxylic acids is 2. The monoisotopic (exact) mass is 367 g/mol. The van der Waals surface area contributed by atoms with Crippen molar-refractivity contribution < 1.29 is 9.59 Å². The second-order valence-corrected chi connectivity index (χ2v) is 6.97. The van der Waals surface area contributed by atoms with Crippen molar-refractivity contribution in [2.24, 2.45) is 11.8 Å². The van der Waals surface area contributed by atoms with Gasteiger partial charge in [-0.15, -0.1) is 12.4 Å². The quantitative estimate of drug-likeness (QED) is 0.693. The Morgan fingerprint density at radius 3 is 2.56 bits per heavy atom. The summed E-state index contributed by atoms with van der Waals surface area (Å²) in [5.74, 6) is 0.500.